The molecule has 0 fully saturated rings. The Balaban J connectivity index is 2.50. The molecule has 0 spiro atoms. The number of hydrogen-bond donors (Lipinski definition) is 0. The Kier molecular flexibility index (Phi) is 1.52. The Morgan fingerprint density at radius 2 is 2.18 bits per heavy atom. The first-order valence-electron chi connectivity index (χ1n) is 4.37. The maximum absolute atomic E-state index is 2.33. The van der Waals surface area contributed by atoms with Crippen molar-refractivity contribution in [3.05, 3.63) is 29.3 Å². The molecule has 0 atom stereocenters. The summed E-state index contributed by atoms with van der Waals surface area (Å²) in [4.78, 5) is 0. The lowest BCUT2D eigenvalue weighted by molar-refractivity contribution is 1.16. The summed E-state index contributed by atoms with van der Waals surface area (Å²) in [5.74, 6) is 0. The van der Waals surface area contributed by atoms with Crippen molar-refractivity contribution in [2.24, 2.45) is 0 Å². The van der Waals surface area contributed by atoms with Gasteiger partial charge in [-0.15, -0.1) is 0 Å². The SMILES string of the molecule is CB1CCc2cc(C)ccc21. The van der Waals surface area contributed by atoms with Gasteiger partial charge in [0.15, 0.2) is 6.71 Å². The van der Waals surface area contributed by atoms with Gasteiger partial charge in [-0.1, -0.05) is 47.9 Å². The zero-order valence-corrected chi connectivity index (χ0v) is 7.22. The summed E-state index contributed by atoms with van der Waals surface area (Å²) >= 11 is 0. The molecule has 1 aliphatic heterocycles. The van der Waals surface area contributed by atoms with Crippen LogP contribution in [0, 0.1) is 6.92 Å². The highest BCUT2D eigenvalue weighted by molar-refractivity contribution is 6.73. The van der Waals surface area contributed by atoms with Crippen LogP contribution in [0.1, 0.15) is 11.1 Å². The second-order valence-corrected chi connectivity index (χ2v) is 3.64. The monoisotopic (exact) mass is 144 g/mol. The zero-order chi connectivity index (χ0) is 7.84. The van der Waals surface area contributed by atoms with Crippen LogP contribution in [0.25, 0.3) is 0 Å². The highest BCUT2D eigenvalue weighted by atomic mass is 14.1. The predicted octanol–water partition coefficient (Wildman–Crippen LogP) is 1.88. The molecule has 56 valence electrons. The van der Waals surface area contributed by atoms with Crippen LogP contribution >= 0.6 is 0 Å². The maximum atomic E-state index is 2.33. The number of fused-ring (bicyclic) bond motifs is 1. The van der Waals surface area contributed by atoms with Gasteiger partial charge in [0.25, 0.3) is 0 Å². The van der Waals surface area contributed by atoms with Crippen LogP contribution in [0.3, 0.4) is 0 Å². The van der Waals surface area contributed by atoms with Crippen molar-refractivity contribution in [3.63, 3.8) is 0 Å². The van der Waals surface area contributed by atoms with E-state index in [1.165, 1.54) is 18.3 Å². The molecule has 0 aliphatic carbocycles. The molecule has 0 radical (unpaired) electrons. The average Bonchev–Trinajstić information content (AvgIpc) is 2.32. The van der Waals surface area contributed by atoms with Crippen LogP contribution in [0.5, 0.6) is 0 Å². The second kappa shape index (κ2) is 2.40. The lowest BCUT2D eigenvalue weighted by Crippen LogP contribution is -2.21. The average molecular weight is 144 g/mol. The molecule has 1 heterocycles. The molecule has 1 aromatic carbocycles. The van der Waals surface area contributed by atoms with Crippen molar-refractivity contribution in [2.75, 3.05) is 0 Å². The van der Waals surface area contributed by atoms with Crippen molar-refractivity contribution in [3.8, 4) is 0 Å². The minimum absolute atomic E-state index is 0.797. The molecule has 0 nitrogen and oxygen atoms in total. The first kappa shape index (κ1) is 6.96. The van der Waals surface area contributed by atoms with Crippen LogP contribution in [0.2, 0.25) is 13.1 Å². The fourth-order valence-corrected chi connectivity index (χ4v) is 1.96. The first-order valence-corrected chi connectivity index (χ1v) is 4.37. The number of hydrogen-bond acceptors (Lipinski definition) is 0. The van der Waals surface area contributed by atoms with Crippen LogP contribution in [0.15, 0.2) is 18.2 Å². The molecule has 0 N–H and O–H groups in total. The van der Waals surface area contributed by atoms with Gasteiger partial charge >= 0.3 is 0 Å². The summed E-state index contributed by atoms with van der Waals surface area (Å²) < 4.78 is 0. The molecule has 1 aromatic rings. The minimum atomic E-state index is 0.797. The van der Waals surface area contributed by atoms with Gasteiger partial charge in [-0.05, 0) is 13.3 Å². The van der Waals surface area contributed by atoms with E-state index in [0.717, 1.165) is 6.71 Å². The van der Waals surface area contributed by atoms with E-state index in [-0.39, 0.29) is 0 Å². The van der Waals surface area contributed by atoms with Gasteiger partial charge < -0.3 is 0 Å². The predicted molar refractivity (Wildman–Crippen MR) is 50.9 cm³/mol. The Labute approximate surface area is 68.7 Å². The highest BCUT2D eigenvalue weighted by Gasteiger charge is 2.20. The van der Waals surface area contributed by atoms with Gasteiger partial charge in [-0.2, -0.15) is 0 Å². The summed E-state index contributed by atoms with van der Waals surface area (Å²) in [6.07, 6.45) is 2.64. The second-order valence-electron chi connectivity index (χ2n) is 3.64. The first-order chi connectivity index (χ1) is 5.27. The standard InChI is InChI=1S/C10H13B/c1-8-3-4-10-9(7-8)5-6-11(10)2/h3-4,7H,5-6H2,1-2H3. The van der Waals surface area contributed by atoms with Crippen LogP contribution in [-0.2, 0) is 6.42 Å². The summed E-state index contributed by atoms with van der Waals surface area (Å²) in [5, 5.41) is 0. The van der Waals surface area contributed by atoms with Crippen LogP contribution in [-0.4, -0.2) is 6.71 Å². The Morgan fingerprint density at radius 1 is 1.36 bits per heavy atom. The zero-order valence-electron chi connectivity index (χ0n) is 7.22. The molecule has 1 aliphatic rings. The lowest BCUT2D eigenvalue weighted by atomic mass is 9.48. The molecular weight excluding hydrogens is 131 g/mol. The lowest BCUT2D eigenvalue weighted by Gasteiger charge is -2.01. The number of aryl methyl sites for hydroxylation is 2. The summed E-state index contributed by atoms with van der Waals surface area (Å²) in [6, 6.07) is 6.85. The number of rotatable bonds is 0. The van der Waals surface area contributed by atoms with Gasteiger partial charge in [0.2, 0.25) is 0 Å². The van der Waals surface area contributed by atoms with E-state index in [9.17, 15) is 0 Å². The largest absolute Gasteiger partial charge is 0.173 e. The Hall–Kier alpha value is -0.715. The molecule has 0 bridgehead atoms. The molecule has 2 rings (SSSR count). The van der Waals surface area contributed by atoms with E-state index in [2.05, 4.69) is 31.9 Å². The Bertz CT molecular complexity index is 278. The number of benzene rings is 1. The van der Waals surface area contributed by atoms with E-state index < -0.39 is 0 Å². The molecular formula is C10H13B. The summed E-state index contributed by atoms with van der Waals surface area (Å²) in [7, 11) is 0. The smallest absolute Gasteiger partial charge is 0.0817 e. The van der Waals surface area contributed by atoms with Gasteiger partial charge in [0, 0.05) is 0 Å². The topological polar surface area (TPSA) is 0 Å². The quantitative estimate of drug-likeness (QED) is 0.487. The third kappa shape index (κ3) is 1.09. The summed E-state index contributed by atoms with van der Waals surface area (Å²) in [6.45, 7) is 5.29. The normalized spacial score (nSPS) is 15.3. The van der Waals surface area contributed by atoms with Crippen LogP contribution in [0.4, 0.5) is 0 Å². The minimum Gasteiger partial charge on any atom is -0.0817 e. The van der Waals surface area contributed by atoms with Gasteiger partial charge in [-0.25, -0.2) is 0 Å². The molecule has 1 heteroatoms. The molecule has 0 saturated carbocycles. The molecule has 0 unspecified atom stereocenters. The van der Waals surface area contributed by atoms with E-state index >= 15 is 0 Å². The van der Waals surface area contributed by atoms with Gasteiger partial charge in [0.05, 0.1) is 0 Å². The van der Waals surface area contributed by atoms with Crippen molar-refractivity contribution < 1.29 is 0 Å². The van der Waals surface area contributed by atoms with Crippen molar-refractivity contribution in [1.82, 2.24) is 0 Å². The fraction of sp³-hybridized carbons (Fsp3) is 0.400. The van der Waals surface area contributed by atoms with Crippen LogP contribution < -0.4 is 5.46 Å². The maximum Gasteiger partial charge on any atom is 0.173 e. The highest BCUT2D eigenvalue weighted by Crippen LogP contribution is 2.15. The van der Waals surface area contributed by atoms with E-state index in [4.69, 9.17) is 0 Å². The van der Waals surface area contributed by atoms with E-state index in [1.54, 1.807) is 11.0 Å². The molecule has 0 aromatic heterocycles. The third-order valence-electron chi connectivity index (χ3n) is 2.68. The van der Waals surface area contributed by atoms with E-state index in [1.807, 2.05) is 0 Å². The van der Waals surface area contributed by atoms with Gasteiger partial charge in [0.1, 0.15) is 0 Å². The third-order valence-corrected chi connectivity index (χ3v) is 2.68. The Morgan fingerprint density at radius 3 is 3.00 bits per heavy atom. The molecule has 0 amide bonds. The van der Waals surface area contributed by atoms with Crippen molar-refractivity contribution >= 4 is 12.2 Å². The fourth-order valence-electron chi connectivity index (χ4n) is 1.96. The molecule has 0 saturated heterocycles. The summed E-state index contributed by atoms with van der Waals surface area (Å²) in [5.41, 5.74) is 4.56. The van der Waals surface area contributed by atoms with Crippen molar-refractivity contribution in [2.45, 2.75) is 26.5 Å². The van der Waals surface area contributed by atoms with Gasteiger partial charge in [-0.3, -0.25) is 0 Å². The van der Waals surface area contributed by atoms with E-state index in [0.29, 0.717) is 0 Å². The molecule has 11 heavy (non-hydrogen) atoms. The van der Waals surface area contributed by atoms with Crippen molar-refractivity contribution in [1.29, 1.82) is 0 Å².